The van der Waals surface area contributed by atoms with Crippen molar-refractivity contribution in [3.63, 3.8) is 0 Å². The van der Waals surface area contributed by atoms with E-state index in [4.69, 9.17) is 27.9 Å². The highest BCUT2D eigenvalue weighted by molar-refractivity contribution is 7.18. The zero-order valence-electron chi connectivity index (χ0n) is 17.0. The van der Waals surface area contributed by atoms with E-state index in [1.54, 1.807) is 36.1 Å². The molecular formula is C21H22Cl2N2O4S. The molecule has 160 valence electrons. The third-order valence-electron chi connectivity index (χ3n) is 4.39. The molecule has 1 aromatic carbocycles. The zero-order valence-corrected chi connectivity index (χ0v) is 19.4. The van der Waals surface area contributed by atoms with Crippen LogP contribution in [0.4, 0.5) is 5.00 Å². The van der Waals surface area contributed by atoms with Gasteiger partial charge in [-0.25, -0.2) is 4.79 Å². The fourth-order valence-electron chi connectivity index (χ4n) is 2.75. The summed E-state index contributed by atoms with van der Waals surface area (Å²) in [7, 11) is 1.25. The summed E-state index contributed by atoms with van der Waals surface area (Å²) in [4.78, 5) is 39.6. The number of anilines is 1. The van der Waals surface area contributed by atoms with Crippen LogP contribution in [0.1, 0.15) is 45.0 Å². The number of nitrogens with one attached hydrogen (secondary N) is 1. The second-order valence-electron chi connectivity index (χ2n) is 6.23. The Balaban J connectivity index is 2.32. The maximum atomic E-state index is 12.8. The van der Waals surface area contributed by atoms with Crippen LogP contribution in [-0.2, 0) is 9.53 Å². The van der Waals surface area contributed by atoms with E-state index in [0.29, 0.717) is 39.1 Å². The van der Waals surface area contributed by atoms with E-state index >= 15 is 0 Å². The Morgan fingerprint density at radius 3 is 2.40 bits per heavy atom. The third kappa shape index (κ3) is 5.41. The van der Waals surface area contributed by atoms with Gasteiger partial charge in [-0.05, 0) is 50.1 Å². The van der Waals surface area contributed by atoms with Crippen LogP contribution < -0.4 is 5.32 Å². The minimum atomic E-state index is -0.619. The van der Waals surface area contributed by atoms with Crippen LogP contribution >= 0.6 is 34.5 Å². The third-order valence-corrected chi connectivity index (χ3v) is 6.32. The van der Waals surface area contributed by atoms with Crippen LogP contribution in [0.2, 0.25) is 10.0 Å². The monoisotopic (exact) mass is 468 g/mol. The molecule has 0 bridgehead atoms. The number of halogens is 2. The highest BCUT2D eigenvalue weighted by atomic mass is 35.5. The first-order valence-electron chi connectivity index (χ1n) is 9.18. The number of esters is 1. The Kier molecular flexibility index (Phi) is 8.46. The molecule has 0 aliphatic rings. The summed E-state index contributed by atoms with van der Waals surface area (Å²) in [5, 5.41) is 3.73. The lowest BCUT2D eigenvalue weighted by atomic mass is 10.1. The molecule has 0 fully saturated rings. The molecule has 6 nitrogen and oxygen atoms in total. The Labute approximate surface area is 189 Å². The van der Waals surface area contributed by atoms with Gasteiger partial charge in [0.15, 0.2) is 0 Å². The second-order valence-corrected chi connectivity index (χ2v) is 8.06. The Hall–Kier alpha value is -2.35. The first kappa shape index (κ1) is 23.9. The molecular weight excluding hydrogens is 447 g/mol. The van der Waals surface area contributed by atoms with E-state index in [1.807, 2.05) is 13.8 Å². The summed E-state index contributed by atoms with van der Waals surface area (Å²) in [6.45, 7) is 6.49. The van der Waals surface area contributed by atoms with Crippen molar-refractivity contribution in [2.24, 2.45) is 0 Å². The average molecular weight is 469 g/mol. The lowest BCUT2D eigenvalue weighted by Gasteiger charge is -2.17. The minimum Gasteiger partial charge on any atom is -0.465 e. The van der Waals surface area contributed by atoms with Gasteiger partial charge in [0, 0.05) is 19.2 Å². The lowest BCUT2D eigenvalue weighted by molar-refractivity contribution is -0.111. The molecule has 0 aliphatic carbocycles. The van der Waals surface area contributed by atoms with Gasteiger partial charge in [-0.1, -0.05) is 29.3 Å². The molecule has 2 amide bonds. The van der Waals surface area contributed by atoms with Crippen molar-refractivity contribution in [2.45, 2.75) is 20.8 Å². The SMILES string of the molecule is CCN(CC)C(=O)c1sc(NC(=O)C=Cc2ccc(Cl)c(Cl)c2)c(C(=O)OC)c1C. The molecule has 2 aromatic rings. The van der Waals surface area contributed by atoms with E-state index in [-0.39, 0.29) is 16.5 Å². The normalized spacial score (nSPS) is 10.9. The predicted octanol–water partition coefficient (Wildman–Crippen LogP) is 5.28. The number of nitrogens with zero attached hydrogens (tertiary/aromatic N) is 1. The van der Waals surface area contributed by atoms with E-state index in [1.165, 1.54) is 13.2 Å². The van der Waals surface area contributed by atoms with Crippen molar-refractivity contribution >= 4 is 63.4 Å². The number of amides is 2. The largest absolute Gasteiger partial charge is 0.465 e. The van der Waals surface area contributed by atoms with Crippen LogP contribution in [0, 0.1) is 6.92 Å². The van der Waals surface area contributed by atoms with Gasteiger partial charge in [0.2, 0.25) is 5.91 Å². The predicted molar refractivity (Wildman–Crippen MR) is 122 cm³/mol. The van der Waals surface area contributed by atoms with Crippen molar-refractivity contribution in [2.75, 3.05) is 25.5 Å². The van der Waals surface area contributed by atoms with Crippen molar-refractivity contribution in [1.82, 2.24) is 4.90 Å². The number of ether oxygens (including phenoxy) is 1. The van der Waals surface area contributed by atoms with Crippen LogP contribution in [0.25, 0.3) is 6.08 Å². The second kappa shape index (κ2) is 10.6. The van der Waals surface area contributed by atoms with Gasteiger partial charge in [0.25, 0.3) is 5.91 Å². The van der Waals surface area contributed by atoms with Gasteiger partial charge in [-0.2, -0.15) is 0 Å². The zero-order chi connectivity index (χ0) is 22.4. The molecule has 0 radical (unpaired) electrons. The van der Waals surface area contributed by atoms with Crippen LogP contribution in [0.3, 0.4) is 0 Å². The Morgan fingerprint density at radius 2 is 1.83 bits per heavy atom. The topological polar surface area (TPSA) is 75.7 Å². The quantitative estimate of drug-likeness (QED) is 0.442. The van der Waals surface area contributed by atoms with E-state index in [0.717, 1.165) is 11.3 Å². The number of carbonyl (C=O) groups excluding carboxylic acids is 3. The van der Waals surface area contributed by atoms with Gasteiger partial charge >= 0.3 is 5.97 Å². The van der Waals surface area contributed by atoms with E-state index in [9.17, 15) is 14.4 Å². The van der Waals surface area contributed by atoms with Gasteiger partial charge in [-0.15, -0.1) is 11.3 Å². The smallest absolute Gasteiger partial charge is 0.341 e. The highest BCUT2D eigenvalue weighted by Crippen LogP contribution is 2.34. The Bertz CT molecular complexity index is 997. The summed E-state index contributed by atoms with van der Waals surface area (Å²) in [5.74, 6) is -1.28. The standard InChI is InChI=1S/C21H22Cl2N2O4S/c1-5-25(6-2)20(27)18-12(3)17(21(28)29-4)19(30-18)24-16(26)10-8-13-7-9-14(22)15(23)11-13/h7-11H,5-6H2,1-4H3,(H,24,26). The van der Waals surface area contributed by atoms with Gasteiger partial charge < -0.3 is 15.0 Å². The fourth-order valence-corrected chi connectivity index (χ4v) is 4.22. The van der Waals surface area contributed by atoms with Crippen molar-refractivity contribution in [1.29, 1.82) is 0 Å². The molecule has 0 saturated heterocycles. The molecule has 2 rings (SSSR count). The first-order valence-corrected chi connectivity index (χ1v) is 10.8. The average Bonchev–Trinajstić information content (AvgIpc) is 3.04. The Morgan fingerprint density at radius 1 is 1.17 bits per heavy atom. The maximum Gasteiger partial charge on any atom is 0.341 e. The minimum absolute atomic E-state index is 0.175. The van der Waals surface area contributed by atoms with Gasteiger partial charge in [0.1, 0.15) is 5.00 Å². The molecule has 0 atom stereocenters. The van der Waals surface area contributed by atoms with Gasteiger partial charge in [0.05, 0.1) is 27.6 Å². The molecule has 1 aromatic heterocycles. The number of carbonyl (C=O) groups is 3. The van der Waals surface area contributed by atoms with Crippen molar-refractivity contribution < 1.29 is 19.1 Å². The summed E-state index contributed by atoms with van der Waals surface area (Å²) < 4.78 is 4.85. The number of methoxy groups -OCH3 is 1. The number of rotatable bonds is 7. The van der Waals surface area contributed by atoms with Crippen molar-refractivity contribution in [3.05, 3.63) is 55.9 Å². The molecule has 0 unspecified atom stereocenters. The molecule has 0 spiro atoms. The molecule has 0 saturated carbocycles. The van der Waals surface area contributed by atoms with Crippen molar-refractivity contribution in [3.8, 4) is 0 Å². The molecule has 0 aliphatic heterocycles. The maximum absolute atomic E-state index is 12.8. The van der Waals surface area contributed by atoms with Crippen LogP contribution in [0.15, 0.2) is 24.3 Å². The lowest BCUT2D eigenvalue weighted by Crippen LogP contribution is -2.30. The summed E-state index contributed by atoms with van der Waals surface area (Å²) in [5.41, 5.74) is 1.34. The fraction of sp³-hybridized carbons (Fsp3) is 0.286. The van der Waals surface area contributed by atoms with E-state index in [2.05, 4.69) is 5.32 Å². The van der Waals surface area contributed by atoms with E-state index < -0.39 is 11.9 Å². The highest BCUT2D eigenvalue weighted by Gasteiger charge is 2.27. The summed E-state index contributed by atoms with van der Waals surface area (Å²) in [6, 6.07) is 4.97. The number of benzene rings is 1. The molecule has 1 N–H and O–H groups in total. The molecule has 1 heterocycles. The first-order chi connectivity index (χ1) is 14.2. The molecule has 30 heavy (non-hydrogen) atoms. The van der Waals surface area contributed by atoms with Crippen LogP contribution in [0.5, 0.6) is 0 Å². The number of thiophene rings is 1. The van der Waals surface area contributed by atoms with Gasteiger partial charge in [-0.3, -0.25) is 9.59 Å². The van der Waals surface area contributed by atoms with Crippen LogP contribution in [-0.4, -0.2) is 42.9 Å². The number of hydrogen-bond donors (Lipinski definition) is 1. The number of hydrogen-bond acceptors (Lipinski definition) is 5. The summed E-state index contributed by atoms with van der Waals surface area (Å²) >= 11 is 12.9. The summed E-state index contributed by atoms with van der Waals surface area (Å²) in [6.07, 6.45) is 2.87. The molecule has 9 heteroatoms.